The number of methoxy groups -OCH3 is 1. The van der Waals surface area contributed by atoms with Crippen molar-refractivity contribution in [1.82, 2.24) is 14.7 Å². The van der Waals surface area contributed by atoms with Crippen LogP contribution in [0.15, 0.2) is 86.7 Å². The molecule has 0 saturated carbocycles. The van der Waals surface area contributed by atoms with Crippen LogP contribution < -0.4 is 4.74 Å². The molecular weight excluding hydrogens is 612 g/mol. The van der Waals surface area contributed by atoms with Crippen molar-refractivity contribution in [2.24, 2.45) is 4.99 Å². The maximum atomic E-state index is 14.4. The molecule has 1 N–H and O–H groups in total. The van der Waals surface area contributed by atoms with E-state index in [1.165, 1.54) is 0 Å². The summed E-state index contributed by atoms with van der Waals surface area (Å²) < 4.78 is 7.67. The SMILES string of the molecule is COc1ccccc1C1=N[C@H](c2ccc(Br)cc2)[C@H](c2ccc(Br)cc2)N1C(=O)N1CCN(CCO)CC1. The number of aliphatic hydroxyl groups excluding tert-OH is 1. The van der Waals surface area contributed by atoms with E-state index < -0.39 is 0 Å². The van der Waals surface area contributed by atoms with Gasteiger partial charge in [0.15, 0.2) is 0 Å². The van der Waals surface area contributed by atoms with E-state index in [-0.39, 0.29) is 24.7 Å². The lowest BCUT2D eigenvalue weighted by Crippen LogP contribution is -2.54. The van der Waals surface area contributed by atoms with Crippen molar-refractivity contribution in [3.63, 3.8) is 0 Å². The first-order chi connectivity index (χ1) is 18.5. The second kappa shape index (κ2) is 12.0. The van der Waals surface area contributed by atoms with Crippen molar-refractivity contribution < 1.29 is 14.6 Å². The molecule has 2 heterocycles. The fourth-order valence-electron chi connectivity index (χ4n) is 5.14. The van der Waals surface area contributed by atoms with Gasteiger partial charge in [0.25, 0.3) is 0 Å². The van der Waals surface area contributed by atoms with Gasteiger partial charge in [0.1, 0.15) is 17.6 Å². The van der Waals surface area contributed by atoms with Crippen molar-refractivity contribution in [1.29, 1.82) is 0 Å². The summed E-state index contributed by atoms with van der Waals surface area (Å²) in [5.74, 6) is 1.27. The summed E-state index contributed by atoms with van der Waals surface area (Å²) in [5.41, 5.74) is 2.81. The lowest BCUT2D eigenvalue weighted by molar-refractivity contribution is 0.108. The van der Waals surface area contributed by atoms with Crippen LogP contribution in [0.4, 0.5) is 4.79 Å². The Morgan fingerprint density at radius 1 is 0.921 bits per heavy atom. The zero-order valence-electron chi connectivity index (χ0n) is 21.1. The molecule has 0 radical (unpaired) electrons. The number of ether oxygens (including phenoxy) is 1. The first-order valence-electron chi connectivity index (χ1n) is 12.6. The predicted molar refractivity (Wildman–Crippen MR) is 156 cm³/mol. The predicted octanol–water partition coefficient (Wildman–Crippen LogP) is 5.49. The molecule has 2 amide bonds. The first-order valence-corrected chi connectivity index (χ1v) is 14.2. The third-order valence-corrected chi connectivity index (χ3v) is 8.16. The maximum Gasteiger partial charge on any atom is 0.326 e. The van der Waals surface area contributed by atoms with Crippen LogP contribution in [0, 0.1) is 0 Å². The molecule has 3 aromatic rings. The van der Waals surface area contributed by atoms with Gasteiger partial charge in [-0.15, -0.1) is 0 Å². The number of nitrogens with zero attached hydrogens (tertiary/aromatic N) is 4. The molecule has 38 heavy (non-hydrogen) atoms. The number of amidine groups is 1. The summed E-state index contributed by atoms with van der Waals surface area (Å²) >= 11 is 7.10. The summed E-state index contributed by atoms with van der Waals surface area (Å²) in [6, 6.07) is 23.3. The molecule has 198 valence electrons. The van der Waals surface area contributed by atoms with Crippen molar-refractivity contribution in [2.75, 3.05) is 46.4 Å². The number of rotatable bonds is 6. The third kappa shape index (κ3) is 5.52. The Morgan fingerprint density at radius 3 is 2.13 bits per heavy atom. The molecule has 5 rings (SSSR count). The van der Waals surface area contributed by atoms with E-state index in [0.717, 1.165) is 38.7 Å². The highest BCUT2D eigenvalue weighted by atomic mass is 79.9. The largest absolute Gasteiger partial charge is 0.496 e. The standard InChI is InChI=1S/C29H30Br2N4O3/c1-38-25-5-3-2-4-24(25)28-32-26(20-6-10-22(30)11-7-20)27(21-8-12-23(31)13-9-21)35(28)29(37)34-16-14-33(15-17-34)18-19-36/h2-13,26-27,36H,14-19H2,1H3/t26-,27+/m1/s1. The highest BCUT2D eigenvalue weighted by molar-refractivity contribution is 9.10. The molecule has 0 unspecified atom stereocenters. The van der Waals surface area contributed by atoms with Crippen molar-refractivity contribution >= 4 is 43.7 Å². The van der Waals surface area contributed by atoms with Gasteiger partial charge in [-0.3, -0.25) is 14.8 Å². The Bertz CT molecular complexity index is 1290. The van der Waals surface area contributed by atoms with E-state index in [0.29, 0.717) is 31.2 Å². The zero-order valence-corrected chi connectivity index (χ0v) is 24.3. The number of hydrogen-bond acceptors (Lipinski definition) is 5. The average molecular weight is 642 g/mol. The number of β-amino-alcohol motifs (C(OH)–C–C–N with tert-alkyl or cyclic N) is 1. The molecule has 3 aromatic carbocycles. The Morgan fingerprint density at radius 2 is 1.53 bits per heavy atom. The first kappa shape index (κ1) is 26.9. The minimum Gasteiger partial charge on any atom is -0.496 e. The third-order valence-electron chi connectivity index (χ3n) is 7.10. The van der Waals surface area contributed by atoms with E-state index in [9.17, 15) is 9.90 Å². The number of benzene rings is 3. The number of carbonyl (C=O) groups is 1. The van der Waals surface area contributed by atoms with E-state index >= 15 is 0 Å². The lowest BCUT2D eigenvalue weighted by Gasteiger charge is -2.39. The highest BCUT2D eigenvalue weighted by Gasteiger charge is 2.44. The number of amides is 2. The molecule has 2 aliphatic rings. The van der Waals surface area contributed by atoms with Crippen LogP contribution in [-0.4, -0.2) is 78.1 Å². The molecule has 0 bridgehead atoms. The van der Waals surface area contributed by atoms with E-state index in [1.54, 1.807) is 7.11 Å². The van der Waals surface area contributed by atoms with E-state index in [2.05, 4.69) is 61.0 Å². The van der Waals surface area contributed by atoms with Crippen LogP contribution in [-0.2, 0) is 0 Å². The topological polar surface area (TPSA) is 68.6 Å². The summed E-state index contributed by atoms with van der Waals surface area (Å²) in [5, 5.41) is 9.35. The molecule has 0 aliphatic carbocycles. The highest BCUT2D eigenvalue weighted by Crippen LogP contribution is 2.45. The molecule has 2 atom stereocenters. The van der Waals surface area contributed by atoms with Crippen molar-refractivity contribution in [3.05, 3.63) is 98.4 Å². The fraction of sp³-hybridized carbons (Fsp3) is 0.310. The number of piperazine rings is 1. The van der Waals surface area contributed by atoms with Gasteiger partial charge in [0.2, 0.25) is 0 Å². The number of para-hydroxylation sites is 1. The summed E-state index contributed by atoms with van der Waals surface area (Å²) in [6.45, 7) is 3.35. The van der Waals surface area contributed by atoms with Crippen LogP contribution in [0.5, 0.6) is 5.75 Å². The van der Waals surface area contributed by atoms with Gasteiger partial charge in [-0.05, 0) is 47.5 Å². The van der Waals surface area contributed by atoms with E-state index in [1.807, 2.05) is 58.3 Å². The molecule has 0 spiro atoms. The molecule has 1 fully saturated rings. The van der Waals surface area contributed by atoms with Crippen LogP contribution in [0.25, 0.3) is 0 Å². The Hall–Kier alpha value is -2.72. The Kier molecular flexibility index (Phi) is 8.48. The van der Waals surface area contributed by atoms with Crippen LogP contribution >= 0.6 is 31.9 Å². The second-order valence-corrected chi connectivity index (χ2v) is 11.2. The minimum atomic E-state index is -0.341. The Balaban J connectivity index is 1.61. The molecule has 1 saturated heterocycles. The van der Waals surface area contributed by atoms with Gasteiger partial charge >= 0.3 is 6.03 Å². The second-order valence-electron chi connectivity index (χ2n) is 9.35. The zero-order chi connectivity index (χ0) is 26.6. The van der Waals surface area contributed by atoms with E-state index in [4.69, 9.17) is 9.73 Å². The van der Waals surface area contributed by atoms with Gasteiger partial charge in [0, 0.05) is 41.7 Å². The van der Waals surface area contributed by atoms with Crippen LogP contribution in [0.2, 0.25) is 0 Å². The summed E-state index contributed by atoms with van der Waals surface area (Å²) in [7, 11) is 1.64. The number of aliphatic imine (C=N–C) groups is 1. The minimum absolute atomic E-state index is 0.0779. The summed E-state index contributed by atoms with van der Waals surface area (Å²) in [6.07, 6.45) is 0. The van der Waals surface area contributed by atoms with Crippen molar-refractivity contribution in [3.8, 4) is 5.75 Å². The number of carbonyl (C=O) groups excluding carboxylic acids is 1. The van der Waals surface area contributed by atoms with Crippen LogP contribution in [0.3, 0.4) is 0 Å². The lowest BCUT2D eigenvalue weighted by atomic mass is 9.94. The number of halogens is 2. The number of urea groups is 1. The Labute approximate surface area is 240 Å². The maximum absolute atomic E-state index is 14.4. The smallest absolute Gasteiger partial charge is 0.326 e. The van der Waals surface area contributed by atoms with Gasteiger partial charge in [-0.1, -0.05) is 68.3 Å². The average Bonchev–Trinajstić information content (AvgIpc) is 3.34. The van der Waals surface area contributed by atoms with Gasteiger partial charge in [-0.2, -0.15) is 0 Å². The fourth-order valence-corrected chi connectivity index (χ4v) is 5.67. The number of aliphatic hydroxyl groups is 1. The van der Waals surface area contributed by atoms with Crippen molar-refractivity contribution in [2.45, 2.75) is 12.1 Å². The molecule has 7 nitrogen and oxygen atoms in total. The number of hydrogen-bond donors (Lipinski definition) is 1. The molecule has 2 aliphatic heterocycles. The van der Waals surface area contributed by atoms with Gasteiger partial charge < -0.3 is 14.7 Å². The molecule has 0 aromatic heterocycles. The summed E-state index contributed by atoms with van der Waals surface area (Å²) in [4.78, 5) is 25.5. The van der Waals surface area contributed by atoms with Gasteiger partial charge in [0.05, 0.1) is 25.3 Å². The van der Waals surface area contributed by atoms with Crippen LogP contribution in [0.1, 0.15) is 28.8 Å². The molecular formula is C29H30Br2N4O3. The quantitative estimate of drug-likeness (QED) is 0.386. The normalized spacial score (nSPS) is 19.9. The monoisotopic (exact) mass is 640 g/mol. The molecule has 9 heteroatoms. The van der Waals surface area contributed by atoms with Gasteiger partial charge in [-0.25, -0.2) is 4.79 Å².